The molecule has 0 radical (unpaired) electrons. The van der Waals surface area contributed by atoms with Crippen LogP contribution in [-0.4, -0.2) is 17.2 Å². The summed E-state index contributed by atoms with van der Waals surface area (Å²) in [6.07, 6.45) is 0. The Bertz CT molecular complexity index is 1130. The minimum absolute atomic E-state index is 0.446. The molecule has 0 fully saturated rings. The molecule has 4 rings (SSSR count). The molecule has 4 aromatic rings. The number of rotatable bonds is 5. The summed E-state index contributed by atoms with van der Waals surface area (Å²) in [5.74, 6) is 0. The summed E-state index contributed by atoms with van der Waals surface area (Å²) in [4.78, 5) is 0. The Balaban J connectivity index is 1.96. The lowest BCUT2D eigenvalue weighted by atomic mass is 9.75. The molecule has 5 N–H and O–H groups in total. The van der Waals surface area contributed by atoms with Crippen molar-refractivity contribution in [2.75, 3.05) is 11.1 Å². The molecule has 0 aliphatic carbocycles. The van der Waals surface area contributed by atoms with Crippen molar-refractivity contribution in [2.24, 2.45) is 0 Å². The summed E-state index contributed by atoms with van der Waals surface area (Å²) in [7, 11) is -1.57. The third kappa shape index (κ3) is 3.87. The van der Waals surface area contributed by atoms with Gasteiger partial charge in [-0.3, -0.25) is 0 Å². The van der Waals surface area contributed by atoms with E-state index in [0.29, 0.717) is 11.2 Å². The zero-order valence-electron chi connectivity index (χ0n) is 15.8. The predicted molar refractivity (Wildman–Crippen MR) is 121 cm³/mol. The van der Waals surface area contributed by atoms with Gasteiger partial charge in [0, 0.05) is 11.1 Å². The molecule has 0 aromatic heterocycles. The largest absolute Gasteiger partial charge is 0.489 e. The zero-order valence-corrected chi connectivity index (χ0v) is 15.8. The highest BCUT2D eigenvalue weighted by atomic mass is 16.4. The van der Waals surface area contributed by atoms with E-state index in [2.05, 4.69) is 5.32 Å². The minimum atomic E-state index is -1.57. The van der Waals surface area contributed by atoms with E-state index in [9.17, 15) is 10.0 Å². The highest BCUT2D eigenvalue weighted by Crippen LogP contribution is 2.39. The molecule has 0 aliphatic heterocycles. The van der Waals surface area contributed by atoms with E-state index in [4.69, 9.17) is 5.73 Å². The number of nitrogens with two attached hydrogens (primary N) is 1. The second kappa shape index (κ2) is 8.23. The molecule has 29 heavy (non-hydrogen) atoms. The zero-order chi connectivity index (χ0) is 20.2. The minimum Gasteiger partial charge on any atom is -0.423 e. The Kier molecular flexibility index (Phi) is 5.34. The molecule has 0 bridgehead atoms. The van der Waals surface area contributed by atoms with Crippen molar-refractivity contribution in [3.05, 3.63) is 97.1 Å². The number of benzene rings is 4. The maximum Gasteiger partial charge on any atom is 0.489 e. The van der Waals surface area contributed by atoms with Crippen molar-refractivity contribution in [2.45, 2.75) is 0 Å². The quantitative estimate of drug-likeness (QED) is 0.312. The van der Waals surface area contributed by atoms with Crippen molar-refractivity contribution in [1.29, 1.82) is 0 Å². The van der Waals surface area contributed by atoms with Gasteiger partial charge >= 0.3 is 7.12 Å². The summed E-state index contributed by atoms with van der Waals surface area (Å²) < 4.78 is 0. The average molecular weight is 380 g/mol. The Morgan fingerprint density at radius 1 is 0.621 bits per heavy atom. The van der Waals surface area contributed by atoms with Gasteiger partial charge in [-0.1, -0.05) is 84.9 Å². The molecule has 4 aromatic carbocycles. The summed E-state index contributed by atoms with van der Waals surface area (Å²) >= 11 is 0. The lowest BCUT2D eigenvalue weighted by Gasteiger charge is -2.20. The standard InChI is InChI=1S/C24H21BN2O2/c26-22-15-6-7-16-23(22)27-24-18(17-9-2-1-3-10-17)12-8-13-20(24)19-11-4-5-14-21(19)25(28)29/h1-16,27-29H,26H2. The molecule has 5 heteroatoms. The Morgan fingerprint density at radius 3 is 2.00 bits per heavy atom. The molecular formula is C24H21BN2O2. The Hall–Kier alpha value is -3.54. The van der Waals surface area contributed by atoms with Crippen LogP contribution in [-0.2, 0) is 0 Å². The molecular weight excluding hydrogens is 359 g/mol. The summed E-state index contributed by atoms with van der Waals surface area (Å²) in [5, 5.41) is 23.3. The molecule has 0 saturated heterocycles. The molecule has 0 spiro atoms. The first-order chi connectivity index (χ1) is 14.1. The fourth-order valence-electron chi connectivity index (χ4n) is 3.48. The van der Waals surface area contributed by atoms with Crippen LogP contribution < -0.4 is 16.5 Å². The van der Waals surface area contributed by atoms with E-state index in [1.165, 1.54) is 0 Å². The van der Waals surface area contributed by atoms with Gasteiger partial charge in [-0.15, -0.1) is 0 Å². The van der Waals surface area contributed by atoms with Crippen LogP contribution in [0.2, 0.25) is 0 Å². The number of anilines is 3. The number of para-hydroxylation sites is 3. The van der Waals surface area contributed by atoms with E-state index in [1.54, 1.807) is 12.1 Å². The van der Waals surface area contributed by atoms with Crippen LogP contribution in [0.4, 0.5) is 17.1 Å². The van der Waals surface area contributed by atoms with Crippen LogP contribution in [0, 0.1) is 0 Å². The Morgan fingerprint density at radius 2 is 1.24 bits per heavy atom. The van der Waals surface area contributed by atoms with Crippen molar-refractivity contribution >= 4 is 29.6 Å². The molecule has 0 heterocycles. The van der Waals surface area contributed by atoms with Crippen LogP contribution in [0.5, 0.6) is 0 Å². The van der Waals surface area contributed by atoms with Gasteiger partial charge in [0.15, 0.2) is 0 Å². The lowest BCUT2D eigenvalue weighted by molar-refractivity contribution is 0.426. The SMILES string of the molecule is Nc1ccccc1Nc1c(-c2ccccc2)cccc1-c1ccccc1B(O)O. The van der Waals surface area contributed by atoms with E-state index in [0.717, 1.165) is 33.6 Å². The van der Waals surface area contributed by atoms with E-state index in [1.807, 2.05) is 84.9 Å². The number of hydrogen-bond acceptors (Lipinski definition) is 4. The highest BCUT2D eigenvalue weighted by Gasteiger charge is 2.20. The molecule has 0 unspecified atom stereocenters. The van der Waals surface area contributed by atoms with Crippen LogP contribution in [0.1, 0.15) is 0 Å². The number of nitrogen functional groups attached to an aromatic ring is 1. The first-order valence-electron chi connectivity index (χ1n) is 9.40. The van der Waals surface area contributed by atoms with E-state index in [-0.39, 0.29) is 0 Å². The van der Waals surface area contributed by atoms with E-state index >= 15 is 0 Å². The summed E-state index contributed by atoms with van der Waals surface area (Å²) in [6.45, 7) is 0. The fraction of sp³-hybridized carbons (Fsp3) is 0. The monoisotopic (exact) mass is 380 g/mol. The third-order valence-corrected chi connectivity index (χ3v) is 4.90. The van der Waals surface area contributed by atoms with Gasteiger partial charge in [0.1, 0.15) is 0 Å². The van der Waals surface area contributed by atoms with Crippen LogP contribution >= 0.6 is 0 Å². The summed E-state index contributed by atoms with van der Waals surface area (Å²) in [5.41, 5.74) is 12.6. The van der Waals surface area contributed by atoms with Crippen molar-refractivity contribution in [3.8, 4) is 22.3 Å². The van der Waals surface area contributed by atoms with Gasteiger partial charge in [-0.05, 0) is 28.7 Å². The third-order valence-electron chi connectivity index (χ3n) is 4.90. The molecule has 142 valence electrons. The molecule has 0 amide bonds. The van der Waals surface area contributed by atoms with Crippen LogP contribution in [0.25, 0.3) is 22.3 Å². The highest BCUT2D eigenvalue weighted by molar-refractivity contribution is 6.60. The van der Waals surface area contributed by atoms with Gasteiger partial charge < -0.3 is 21.1 Å². The van der Waals surface area contributed by atoms with Crippen LogP contribution in [0.15, 0.2) is 97.1 Å². The van der Waals surface area contributed by atoms with E-state index < -0.39 is 7.12 Å². The first-order valence-corrected chi connectivity index (χ1v) is 9.40. The normalized spacial score (nSPS) is 10.6. The molecule has 0 aliphatic rings. The van der Waals surface area contributed by atoms with Crippen molar-refractivity contribution in [3.63, 3.8) is 0 Å². The second-order valence-electron chi connectivity index (χ2n) is 6.77. The number of nitrogens with one attached hydrogen (secondary N) is 1. The first kappa shape index (κ1) is 18.8. The number of hydrogen-bond donors (Lipinski definition) is 4. The molecule has 0 saturated carbocycles. The van der Waals surface area contributed by atoms with Crippen molar-refractivity contribution in [1.82, 2.24) is 0 Å². The Labute approximate surface area is 170 Å². The topological polar surface area (TPSA) is 78.5 Å². The summed E-state index contributed by atoms with van der Waals surface area (Å²) in [6, 6.07) is 30.9. The van der Waals surface area contributed by atoms with Gasteiger partial charge in [-0.25, -0.2) is 0 Å². The lowest BCUT2D eigenvalue weighted by Crippen LogP contribution is -2.31. The fourth-order valence-corrected chi connectivity index (χ4v) is 3.48. The van der Waals surface area contributed by atoms with Gasteiger partial charge in [-0.2, -0.15) is 0 Å². The molecule has 4 nitrogen and oxygen atoms in total. The predicted octanol–water partition coefficient (Wildman–Crippen LogP) is 4.03. The molecule has 0 atom stereocenters. The second-order valence-corrected chi connectivity index (χ2v) is 6.77. The van der Waals surface area contributed by atoms with Gasteiger partial charge in [0.05, 0.1) is 17.1 Å². The van der Waals surface area contributed by atoms with Crippen molar-refractivity contribution < 1.29 is 10.0 Å². The van der Waals surface area contributed by atoms with Crippen LogP contribution in [0.3, 0.4) is 0 Å². The maximum atomic E-state index is 9.89. The van der Waals surface area contributed by atoms with Gasteiger partial charge in [0.2, 0.25) is 0 Å². The maximum absolute atomic E-state index is 9.89. The average Bonchev–Trinajstić information content (AvgIpc) is 2.76. The van der Waals surface area contributed by atoms with Gasteiger partial charge in [0.25, 0.3) is 0 Å². The smallest absolute Gasteiger partial charge is 0.423 e.